The van der Waals surface area contributed by atoms with Gasteiger partial charge in [-0.05, 0) is 30.0 Å². The molecule has 2 heteroatoms. The molecule has 0 aromatic heterocycles. The molecular weight excluding hydrogens is 210 g/mol. The van der Waals surface area contributed by atoms with Gasteiger partial charge in [0, 0.05) is 6.04 Å². The first-order valence-electron chi connectivity index (χ1n) is 6.69. The van der Waals surface area contributed by atoms with E-state index < -0.39 is 0 Å². The number of nitrogens with two attached hydrogens (primary N) is 1. The summed E-state index contributed by atoms with van der Waals surface area (Å²) in [4.78, 5) is 0. The summed E-state index contributed by atoms with van der Waals surface area (Å²) in [6, 6.07) is 8.32. The van der Waals surface area contributed by atoms with Crippen LogP contribution >= 0.6 is 0 Å². The number of hydrogen-bond donors (Lipinski definition) is 1. The summed E-state index contributed by atoms with van der Waals surface area (Å²) in [6.07, 6.45) is 3.32. The molecule has 0 unspecified atom stereocenters. The van der Waals surface area contributed by atoms with E-state index >= 15 is 0 Å². The van der Waals surface area contributed by atoms with Crippen molar-refractivity contribution in [2.24, 2.45) is 11.7 Å². The van der Waals surface area contributed by atoms with Crippen molar-refractivity contribution in [1.29, 1.82) is 0 Å². The Labute approximate surface area is 105 Å². The molecule has 1 atom stereocenters. The van der Waals surface area contributed by atoms with Crippen molar-refractivity contribution in [3.8, 4) is 5.75 Å². The molecule has 0 fully saturated rings. The zero-order valence-corrected chi connectivity index (χ0v) is 11.3. The number of benzene rings is 1. The molecular formula is C15H25NO. The van der Waals surface area contributed by atoms with Crippen molar-refractivity contribution in [2.45, 2.75) is 46.1 Å². The van der Waals surface area contributed by atoms with Gasteiger partial charge in [0.15, 0.2) is 0 Å². The van der Waals surface area contributed by atoms with Gasteiger partial charge in [-0.15, -0.1) is 0 Å². The van der Waals surface area contributed by atoms with Gasteiger partial charge < -0.3 is 10.5 Å². The molecule has 0 radical (unpaired) electrons. The quantitative estimate of drug-likeness (QED) is 0.777. The Balaban J connectivity index is 2.50. The van der Waals surface area contributed by atoms with Gasteiger partial charge in [0.25, 0.3) is 0 Å². The van der Waals surface area contributed by atoms with Gasteiger partial charge >= 0.3 is 0 Å². The Hall–Kier alpha value is -1.02. The Kier molecular flexibility index (Phi) is 6.06. The highest BCUT2D eigenvalue weighted by Gasteiger charge is 2.06. The minimum atomic E-state index is 0.142. The maximum absolute atomic E-state index is 5.97. The molecule has 0 aliphatic rings. The van der Waals surface area contributed by atoms with Gasteiger partial charge in [0.05, 0.1) is 6.61 Å². The van der Waals surface area contributed by atoms with E-state index in [0.29, 0.717) is 5.92 Å². The minimum Gasteiger partial charge on any atom is -0.493 e. The molecule has 2 N–H and O–H groups in total. The normalized spacial score (nSPS) is 12.8. The van der Waals surface area contributed by atoms with E-state index in [0.717, 1.165) is 18.8 Å². The molecule has 0 bridgehead atoms. The third-order valence-electron chi connectivity index (χ3n) is 3.39. The molecule has 96 valence electrons. The smallest absolute Gasteiger partial charge is 0.119 e. The predicted octanol–water partition coefficient (Wildman–Crippen LogP) is 3.91. The number of hydrogen-bond acceptors (Lipinski definition) is 2. The highest BCUT2D eigenvalue weighted by atomic mass is 16.5. The van der Waals surface area contributed by atoms with Crippen LogP contribution in [0.5, 0.6) is 5.75 Å². The van der Waals surface area contributed by atoms with Crippen LogP contribution in [0.25, 0.3) is 0 Å². The first-order chi connectivity index (χ1) is 8.21. The van der Waals surface area contributed by atoms with E-state index in [1.807, 2.05) is 12.1 Å². The van der Waals surface area contributed by atoms with Crippen LogP contribution in [0, 0.1) is 5.92 Å². The van der Waals surface area contributed by atoms with Crippen LogP contribution in [0.15, 0.2) is 24.3 Å². The van der Waals surface area contributed by atoms with E-state index in [1.165, 1.54) is 18.4 Å². The Morgan fingerprint density at radius 3 is 2.06 bits per heavy atom. The maximum atomic E-state index is 5.97. The van der Waals surface area contributed by atoms with E-state index in [-0.39, 0.29) is 6.04 Å². The molecule has 1 aromatic rings. The molecule has 0 aliphatic carbocycles. The Morgan fingerprint density at radius 1 is 1.00 bits per heavy atom. The second-order valence-electron chi connectivity index (χ2n) is 4.58. The van der Waals surface area contributed by atoms with Crippen LogP contribution in [0.2, 0.25) is 0 Å². The average Bonchev–Trinajstić information content (AvgIpc) is 2.39. The third kappa shape index (κ3) is 4.39. The lowest BCUT2D eigenvalue weighted by Crippen LogP contribution is -2.11. The van der Waals surface area contributed by atoms with Gasteiger partial charge in [0.2, 0.25) is 0 Å². The molecule has 0 heterocycles. The monoisotopic (exact) mass is 235 g/mol. The van der Waals surface area contributed by atoms with Crippen LogP contribution in [0.3, 0.4) is 0 Å². The van der Waals surface area contributed by atoms with Crippen molar-refractivity contribution < 1.29 is 4.74 Å². The summed E-state index contributed by atoms with van der Waals surface area (Å²) in [5.41, 5.74) is 7.15. The van der Waals surface area contributed by atoms with Crippen LogP contribution < -0.4 is 10.5 Å². The van der Waals surface area contributed by atoms with Crippen molar-refractivity contribution in [3.05, 3.63) is 29.8 Å². The molecule has 1 aromatic carbocycles. The van der Waals surface area contributed by atoms with Crippen LogP contribution in [0.1, 0.15) is 51.6 Å². The van der Waals surface area contributed by atoms with Gasteiger partial charge in [-0.2, -0.15) is 0 Å². The first-order valence-corrected chi connectivity index (χ1v) is 6.69. The van der Waals surface area contributed by atoms with E-state index in [9.17, 15) is 0 Å². The molecule has 17 heavy (non-hydrogen) atoms. The van der Waals surface area contributed by atoms with Crippen molar-refractivity contribution in [2.75, 3.05) is 6.61 Å². The summed E-state index contributed by atoms with van der Waals surface area (Å²) < 4.78 is 5.78. The maximum Gasteiger partial charge on any atom is 0.119 e. The molecule has 0 amide bonds. The third-order valence-corrected chi connectivity index (χ3v) is 3.39. The number of rotatable bonds is 7. The SMILES string of the molecule is CCC(CC)COc1ccc([C@@H](N)CC)cc1. The summed E-state index contributed by atoms with van der Waals surface area (Å²) >= 11 is 0. The lowest BCUT2D eigenvalue weighted by molar-refractivity contribution is 0.240. The first kappa shape index (κ1) is 14.0. The van der Waals surface area contributed by atoms with Crippen molar-refractivity contribution >= 4 is 0 Å². The fourth-order valence-corrected chi connectivity index (χ4v) is 1.79. The zero-order chi connectivity index (χ0) is 12.7. The van der Waals surface area contributed by atoms with E-state index in [4.69, 9.17) is 10.5 Å². The zero-order valence-electron chi connectivity index (χ0n) is 11.3. The van der Waals surface area contributed by atoms with Crippen molar-refractivity contribution in [1.82, 2.24) is 0 Å². The lowest BCUT2D eigenvalue weighted by atomic mass is 10.0. The summed E-state index contributed by atoms with van der Waals surface area (Å²) in [7, 11) is 0. The average molecular weight is 235 g/mol. The fourth-order valence-electron chi connectivity index (χ4n) is 1.79. The lowest BCUT2D eigenvalue weighted by Gasteiger charge is -2.14. The van der Waals surface area contributed by atoms with Crippen LogP contribution in [0.4, 0.5) is 0 Å². The highest BCUT2D eigenvalue weighted by molar-refractivity contribution is 5.28. The van der Waals surface area contributed by atoms with Crippen molar-refractivity contribution in [3.63, 3.8) is 0 Å². The standard InChI is InChI=1S/C15H25NO/c1-4-12(5-2)11-17-14-9-7-13(8-10-14)15(16)6-3/h7-10,12,15H,4-6,11,16H2,1-3H3/t15-/m0/s1. The second-order valence-corrected chi connectivity index (χ2v) is 4.58. The molecule has 0 saturated carbocycles. The number of ether oxygens (including phenoxy) is 1. The largest absolute Gasteiger partial charge is 0.493 e. The Bertz CT molecular complexity index is 303. The Morgan fingerprint density at radius 2 is 1.59 bits per heavy atom. The fraction of sp³-hybridized carbons (Fsp3) is 0.600. The topological polar surface area (TPSA) is 35.2 Å². The molecule has 0 aliphatic heterocycles. The summed E-state index contributed by atoms with van der Waals surface area (Å²) in [5.74, 6) is 1.61. The van der Waals surface area contributed by atoms with Crippen LogP contribution in [-0.4, -0.2) is 6.61 Å². The molecule has 1 rings (SSSR count). The second kappa shape index (κ2) is 7.33. The molecule has 0 saturated heterocycles. The molecule has 0 spiro atoms. The predicted molar refractivity (Wildman–Crippen MR) is 73.2 cm³/mol. The van der Waals surface area contributed by atoms with E-state index in [1.54, 1.807) is 0 Å². The van der Waals surface area contributed by atoms with Crippen LogP contribution in [-0.2, 0) is 0 Å². The highest BCUT2D eigenvalue weighted by Crippen LogP contribution is 2.19. The minimum absolute atomic E-state index is 0.142. The van der Waals surface area contributed by atoms with Gasteiger partial charge in [0.1, 0.15) is 5.75 Å². The van der Waals surface area contributed by atoms with Gasteiger partial charge in [-0.25, -0.2) is 0 Å². The van der Waals surface area contributed by atoms with Gasteiger partial charge in [-0.1, -0.05) is 45.7 Å². The summed E-state index contributed by atoms with van der Waals surface area (Å²) in [5, 5.41) is 0. The summed E-state index contributed by atoms with van der Waals surface area (Å²) in [6.45, 7) is 7.33. The van der Waals surface area contributed by atoms with E-state index in [2.05, 4.69) is 32.9 Å². The molecule has 2 nitrogen and oxygen atoms in total. The van der Waals surface area contributed by atoms with Gasteiger partial charge in [-0.3, -0.25) is 0 Å².